The summed E-state index contributed by atoms with van der Waals surface area (Å²) in [5, 5.41) is 5.33. The molecule has 6 N–H and O–H groups in total. The largest absolute Gasteiger partial charge is 0.368 e. The van der Waals surface area contributed by atoms with Crippen LogP contribution in [0.5, 0.6) is 0 Å². The molecule has 0 aliphatic rings. The van der Waals surface area contributed by atoms with Crippen molar-refractivity contribution < 1.29 is 14.4 Å². The van der Waals surface area contributed by atoms with Gasteiger partial charge >= 0.3 is 0 Å². The van der Waals surface area contributed by atoms with Crippen molar-refractivity contribution in [1.29, 1.82) is 0 Å². The molecule has 26 heavy (non-hydrogen) atoms. The third-order valence-electron chi connectivity index (χ3n) is 4.08. The van der Waals surface area contributed by atoms with E-state index < -0.39 is 17.9 Å². The number of nitrogens with two attached hydrogens (primary N) is 2. The molecule has 7 nitrogen and oxygen atoms in total. The average Bonchev–Trinajstić information content (AvgIpc) is 2.59. The Morgan fingerprint density at radius 2 is 1.69 bits per heavy atom. The first-order valence-corrected chi connectivity index (χ1v) is 8.82. The second-order valence-corrected chi connectivity index (χ2v) is 7.31. The maximum Gasteiger partial charge on any atom is 0.251 e. The van der Waals surface area contributed by atoms with Crippen molar-refractivity contribution >= 4 is 17.7 Å². The van der Waals surface area contributed by atoms with E-state index in [2.05, 4.69) is 31.4 Å². The average molecular weight is 362 g/mol. The van der Waals surface area contributed by atoms with Crippen LogP contribution in [0, 0.1) is 0 Å². The van der Waals surface area contributed by atoms with Crippen LogP contribution in [0.3, 0.4) is 0 Å². The van der Waals surface area contributed by atoms with Gasteiger partial charge in [0.1, 0.15) is 6.04 Å². The van der Waals surface area contributed by atoms with Crippen molar-refractivity contribution in [3.8, 4) is 0 Å². The highest BCUT2D eigenvalue weighted by molar-refractivity contribution is 5.94. The molecule has 0 saturated heterocycles. The van der Waals surface area contributed by atoms with Crippen LogP contribution in [0.1, 0.15) is 56.0 Å². The molecule has 0 aliphatic carbocycles. The molecule has 1 atom stereocenters. The predicted octanol–water partition coefficient (Wildman–Crippen LogP) is 0.813. The topological polar surface area (TPSA) is 127 Å². The second-order valence-electron chi connectivity index (χ2n) is 7.31. The van der Waals surface area contributed by atoms with E-state index in [4.69, 9.17) is 11.5 Å². The maximum atomic E-state index is 12.1. The van der Waals surface area contributed by atoms with Crippen LogP contribution in [0.4, 0.5) is 0 Å². The van der Waals surface area contributed by atoms with E-state index in [1.54, 1.807) is 0 Å². The fraction of sp³-hybridized carbons (Fsp3) is 0.526. The van der Waals surface area contributed by atoms with Crippen molar-refractivity contribution in [2.24, 2.45) is 11.5 Å². The molecular weight excluding hydrogens is 332 g/mol. The monoisotopic (exact) mass is 362 g/mol. The molecule has 0 aliphatic heterocycles. The van der Waals surface area contributed by atoms with E-state index in [1.807, 2.05) is 24.3 Å². The van der Waals surface area contributed by atoms with Gasteiger partial charge in [-0.2, -0.15) is 0 Å². The smallest absolute Gasteiger partial charge is 0.251 e. The van der Waals surface area contributed by atoms with Crippen molar-refractivity contribution in [2.45, 2.75) is 51.5 Å². The van der Waals surface area contributed by atoms with Gasteiger partial charge in [0.25, 0.3) is 5.91 Å². The van der Waals surface area contributed by atoms with Crippen LogP contribution < -0.4 is 22.1 Å². The summed E-state index contributed by atoms with van der Waals surface area (Å²) >= 11 is 0. The van der Waals surface area contributed by atoms with Crippen LogP contribution in [0.25, 0.3) is 0 Å². The summed E-state index contributed by atoms with van der Waals surface area (Å²) in [5.41, 5.74) is 12.3. The zero-order chi connectivity index (χ0) is 19.7. The van der Waals surface area contributed by atoms with Gasteiger partial charge in [-0.3, -0.25) is 14.4 Å². The minimum absolute atomic E-state index is 0.0469. The van der Waals surface area contributed by atoms with Gasteiger partial charge in [0.05, 0.1) is 6.54 Å². The van der Waals surface area contributed by atoms with E-state index in [-0.39, 0.29) is 17.9 Å². The molecule has 0 unspecified atom stereocenters. The summed E-state index contributed by atoms with van der Waals surface area (Å²) in [6.07, 6.45) is 1.73. The first kappa shape index (κ1) is 21.6. The Hall–Kier alpha value is -2.41. The molecule has 0 fully saturated rings. The summed E-state index contributed by atoms with van der Waals surface area (Å²) in [5.74, 6) is -1.14. The number of carbonyl (C=O) groups excluding carboxylic acids is 3. The third kappa shape index (κ3) is 7.23. The zero-order valence-corrected chi connectivity index (χ0v) is 15.8. The fourth-order valence-electron chi connectivity index (χ4n) is 2.44. The molecule has 0 saturated carbocycles. The van der Waals surface area contributed by atoms with Crippen LogP contribution in [-0.4, -0.2) is 36.9 Å². The highest BCUT2D eigenvalue weighted by Crippen LogP contribution is 2.22. The third-order valence-corrected chi connectivity index (χ3v) is 4.08. The van der Waals surface area contributed by atoms with Gasteiger partial charge in [-0.1, -0.05) is 32.9 Å². The number of unbranched alkanes of at least 4 members (excludes halogenated alkanes) is 1. The fourth-order valence-corrected chi connectivity index (χ4v) is 2.44. The zero-order valence-electron chi connectivity index (χ0n) is 15.8. The Morgan fingerprint density at radius 1 is 1.08 bits per heavy atom. The van der Waals surface area contributed by atoms with Crippen molar-refractivity contribution in [3.05, 3.63) is 35.4 Å². The Labute approximate surface area is 154 Å². The lowest BCUT2D eigenvalue weighted by Gasteiger charge is -2.19. The lowest BCUT2D eigenvalue weighted by atomic mass is 9.87. The van der Waals surface area contributed by atoms with Gasteiger partial charge < -0.3 is 22.1 Å². The molecule has 0 bridgehead atoms. The minimum Gasteiger partial charge on any atom is -0.368 e. The number of hydrogen-bond donors (Lipinski definition) is 4. The number of primary amides is 1. The van der Waals surface area contributed by atoms with Gasteiger partial charge in [0, 0.05) is 12.1 Å². The molecule has 0 radical (unpaired) electrons. The van der Waals surface area contributed by atoms with Gasteiger partial charge in [-0.15, -0.1) is 0 Å². The number of benzene rings is 1. The molecule has 144 valence electrons. The number of amides is 3. The standard InChI is InChI=1S/C19H30N4O3/c1-19(2,3)14-9-7-13(8-10-14)18(26)22-11-5-4-6-15(17(21)25)23-16(24)12-20/h7-10,15H,4-6,11-12,20H2,1-3H3,(H2,21,25)(H,22,26)(H,23,24)/t15-/m0/s1. The molecule has 1 rings (SSSR count). The number of hydrogen-bond acceptors (Lipinski definition) is 4. The highest BCUT2D eigenvalue weighted by atomic mass is 16.2. The number of rotatable bonds is 9. The Kier molecular flexibility index (Phi) is 8.25. The molecule has 1 aromatic rings. The van der Waals surface area contributed by atoms with Gasteiger partial charge in [0.15, 0.2) is 0 Å². The summed E-state index contributed by atoms with van der Waals surface area (Å²) < 4.78 is 0. The summed E-state index contributed by atoms with van der Waals surface area (Å²) in [4.78, 5) is 34.7. The van der Waals surface area contributed by atoms with Gasteiger partial charge in [-0.05, 0) is 42.4 Å². The molecule has 1 aromatic carbocycles. The van der Waals surface area contributed by atoms with Crippen LogP contribution in [0.2, 0.25) is 0 Å². The van der Waals surface area contributed by atoms with Crippen LogP contribution >= 0.6 is 0 Å². The van der Waals surface area contributed by atoms with E-state index in [0.717, 1.165) is 0 Å². The molecule has 7 heteroatoms. The highest BCUT2D eigenvalue weighted by Gasteiger charge is 2.17. The lowest BCUT2D eigenvalue weighted by molar-refractivity contribution is -0.126. The molecule has 0 aromatic heterocycles. The summed E-state index contributed by atoms with van der Waals surface area (Å²) in [6.45, 7) is 6.66. The van der Waals surface area contributed by atoms with E-state index >= 15 is 0 Å². The lowest BCUT2D eigenvalue weighted by Crippen LogP contribution is -2.46. The molecule has 0 heterocycles. The second kappa shape index (κ2) is 9.91. The molecular formula is C19H30N4O3. The summed E-state index contributed by atoms with van der Waals surface area (Å²) in [7, 11) is 0. The number of carbonyl (C=O) groups is 3. The van der Waals surface area contributed by atoms with Crippen molar-refractivity contribution in [3.63, 3.8) is 0 Å². The Balaban J connectivity index is 2.37. The quantitative estimate of drug-likeness (QED) is 0.485. The van der Waals surface area contributed by atoms with Gasteiger partial charge in [-0.25, -0.2) is 0 Å². The molecule has 0 spiro atoms. The molecule has 3 amide bonds. The number of nitrogens with one attached hydrogen (secondary N) is 2. The minimum atomic E-state index is -0.730. The van der Waals surface area contributed by atoms with Gasteiger partial charge in [0.2, 0.25) is 11.8 Å². The van der Waals surface area contributed by atoms with Crippen molar-refractivity contribution in [1.82, 2.24) is 10.6 Å². The first-order chi connectivity index (χ1) is 12.1. The van der Waals surface area contributed by atoms with E-state index in [9.17, 15) is 14.4 Å². The van der Waals surface area contributed by atoms with E-state index in [1.165, 1.54) is 5.56 Å². The summed E-state index contributed by atoms with van der Waals surface area (Å²) in [6, 6.07) is 6.84. The van der Waals surface area contributed by atoms with Crippen LogP contribution in [0.15, 0.2) is 24.3 Å². The predicted molar refractivity (Wildman–Crippen MR) is 102 cm³/mol. The maximum absolute atomic E-state index is 12.1. The first-order valence-electron chi connectivity index (χ1n) is 8.82. The van der Waals surface area contributed by atoms with E-state index in [0.29, 0.717) is 31.4 Å². The Morgan fingerprint density at radius 3 is 2.19 bits per heavy atom. The van der Waals surface area contributed by atoms with Crippen molar-refractivity contribution in [2.75, 3.05) is 13.1 Å². The normalized spacial score (nSPS) is 12.3. The van der Waals surface area contributed by atoms with Crippen LogP contribution in [-0.2, 0) is 15.0 Å². The Bertz CT molecular complexity index is 621. The SMILES string of the molecule is CC(C)(C)c1ccc(C(=O)NCCCC[C@H](NC(=O)CN)C(N)=O)cc1.